The summed E-state index contributed by atoms with van der Waals surface area (Å²) in [7, 11) is 0. The van der Waals surface area contributed by atoms with Gasteiger partial charge in [-0.15, -0.1) is 0 Å². The molecule has 0 unspecified atom stereocenters. The number of nitrogens with zero attached hydrogens (tertiary/aromatic N) is 2. The third-order valence-electron chi connectivity index (χ3n) is 5.19. The third kappa shape index (κ3) is 3.81. The van der Waals surface area contributed by atoms with Gasteiger partial charge in [0.05, 0.1) is 17.8 Å². The zero-order chi connectivity index (χ0) is 17.3. The normalized spacial score (nSPS) is 26.7. The summed E-state index contributed by atoms with van der Waals surface area (Å²) in [5.74, 6) is 0.281. The van der Waals surface area contributed by atoms with Gasteiger partial charge < -0.3 is 9.63 Å². The highest BCUT2D eigenvalue weighted by Crippen LogP contribution is 2.30. The van der Waals surface area contributed by atoms with Crippen LogP contribution < -0.4 is 5.32 Å². The molecule has 2 aliphatic rings. The van der Waals surface area contributed by atoms with Crippen molar-refractivity contribution in [2.45, 2.75) is 82.9 Å². The van der Waals surface area contributed by atoms with Crippen LogP contribution in [0.3, 0.4) is 0 Å². The lowest BCUT2D eigenvalue weighted by Crippen LogP contribution is -2.46. The molecule has 1 saturated carbocycles. The van der Waals surface area contributed by atoms with E-state index in [1.807, 2.05) is 0 Å². The molecule has 2 heterocycles. The van der Waals surface area contributed by atoms with Gasteiger partial charge in [-0.25, -0.2) is 0 Å². The Morgan fingerprint density at radius 3 is 2.67 bits per heavy atom. The predicted molar refractivity (Wildman–Crippen MR) is 91.8 cm³/mol. The number of hydrogen-bond acceptors (Lipinski definition) is 5. The summed E-state index contributed by atoms with van der Waals surface area (Å²) >= 11 is 0. The van der Waals surface area contributed by atoms with Crippen LogP contribution in [0.4, 0.5) is 5.88 Å². The predicted octanol–water partition coefficient (Wildman–Crippen LogP) is 2.68. The molecule has 1 aliphatic heterocycles. The second-order valence-corrected chi connectivity index (χ2v) is 8.21. The van der Waals surface area contributed by atoms with E-state index in [-0.39, 0.29) is 17.4 Å². The van der Waals surface area contributed by atoms with Gasteiger partial charge in [0.2, 0.25) is 11.8 Å². The number of hydrogen-bond donors (Lipinski definition) is 2. The first-order chi connectivity index (χ1) is 11.3. The lowest BCUT2D eigenvalue weighted by molar-refractivity contribution is -0.121. The van der Waals surface area contributed by atoms with Crippen molar-refractivity contribution in [2.75, 3.05) is 11.9 Å². The molecule has 6 heteroatoms. The highest BCUT2D eigenvalue weighted by atomic mass is 16.5. The molecule has 24 heavy (non-hydrogen) atoms. The van der Waals surface area contributed by atoms with Crippen molar-refractivity contribution in [1.82, 2.24) is 10.1 Å². The topological polar surface area (TPSA) is 78.6 Å². The van der Waals surface area contributed by atoms with E-state index in [4.69, 9.17) is 4.52 Å². The van der Waals surface area contributed by atoms with Gasteiger partial charge in [0.25, 0.3) is 0 Å². The SMILES string of the molecule is CC(C)(C)c1cc(NC(=O)[C@@H]2C[C@@H](O)CN2C2CCCCC2)on1. The summed E-state index contributed by atoms with van der Waals surface area (Å²) in [5, 5.41) is 17.0. The average Bonchev–Trinajstić information content (AvgIpc) is 3.14. The fourth-order valence-electron chi connectivity index (χ4n) is 3.80. The van der Waals surface area contributed by atoms with E-state index < -0.39 is 6.10 Å². The smallest absolute Gasteiger partial charge is 0.244 e. The average molecular weight is 335 g/mol. The summed E-state index contributed by atoms with van der Waals surface area (Å²) in [6.07, 6.45) is 5.99. The molecule has 1 aromatic heterocycles. The Bertz CT molecular complexity index is 572. The number of aliphatic hydroxyl groups is 1. The monoisotopic (exact) mass is 335 g/mol. The van der Waals surface area contributed by atoms with Crippen molar-refractivity contribution in [3.8, 4) is 0 Å². The molecular formula is C18H29N3O3. The van der Waals surface area contributed by atoms with Crippen molar-refractivity contribution >= 4 is 11.8 Å². The minimum Gasteiger partial charge on any atom is -0.392 e. The summed E-state index contributed by atoms with van der Waals surface area (Å²) in [6, 6.07) is 1.91. The Hall–Kier alpha value is -1.40. The van der Waals surface area contributed by atoms with E-state index in [0.717, 1.165) is 18.5 Å². The van der Waals surface area contributed by atoms with Crippen LogP contribution in [0.1, 0.15) is 65.0 Å². The van der Waals surface area contributed by atoms with E-state index in [9.17, 15) is 9.90 Å². The lowest BCUT2D eigenvalue weighted by atomic mass is 9.92. The summed E-state index contributed by atoms with van der Waals surface area (Å²) in [5.41, 5.74) is 0.692. The maximum absolute atomic E-state index is 12.7. The second-order valence-electron chi connectivity index (χ2n) is 8.21. The van der Waals surface area contributed by atoms with Gasteiger partial charge in [-0.1, -0.05) is 45.2 Å². The van der Waals surface area contributed by atoms with Gasteiger partial charge in [0.15, 0.2) is 0 Å². The fraction of sp³-hybridized carbons (Fsp3) is 0.778. The molecule has 1 aliphatic carbocycles. The molecule has 1 saturated heterocycles. The number of rotatable bonds is 3. The fourth-order valence-corrected chi connectivity index (χ4v) is 3.80. The van der Waals surface area contributed by atoms with Crippen LogP contribution in [-0.2, 0) is 10.2 Å². The van der Waals surface area contributed by atoms with Crippen LogP contribution in [-0.4, -0.2) is 45.8 Å². The van der Waals surface area contributed by atoms with Gasteiger partial charge in [0.1, 0.15) is 0 Å². The molecule has 0 spiro atoms. The van der Waals surface area contributed by atoms with E-state index in [1.54, 1.807) is 6.07 Å². The first-order valence-electron chi connectivity index (χ1n) is 9.06. The zero-order valence-corrected chi connectivity index (χ0v) is 14.9. The van der Waals surface area contributed by atoms with Gasteiger partial charge in [-0.3, -0.25) is 15.0 Å². The highest BCUT2D eigenvalue weighted by Gasteiger charge is 2.40. The van der Waals surface area contributed by atoms with Crippen LogP contribution >= 0.6 is 0 Å². The van der Waals surface area contributed by atoms with Gasteiger partial charge in [-0.05, 0) is 19.3 Å². The number of aromatic nitrogens is 1. The number of amides is 1. The standard InChI is InChI=1S/C18H29N3O3/c1-18(2,3)15-10-16(24-20-15)19-17(23)14-9-13(22)11-21(14)12-7-5-4-6-8-12/h10,12-14,22H,4-9,11H2,1-3H3,(H,19,23)/t13-,14+/m1/s1. The van der Waals surface area contributed by atoms with Crippen molar-refractivity contribution < 1.29 is 14.4 Å². The van der Waals surface area contributed by atoms with E-state index >= 15 is 0 Å². The number of anilines is 1. The Labute approximate surface area is 143 Å². The quantitative estimate of drug-likeness (QED) is 0.888. The number of β-amino-alcohol motifs (C(OH)–C–C–N with tert-alkyl or cyclic N) is 1. The van der Waals surface area contributed by atoms with Crippen molar-refractivity contribution in [1.29, 1.82) is 0 Å². The molecular weight excluding hydrogens is 306 g/mol. The highest BCUT2D eigenvalue weighted by molar-refractivity contribution is 5.94. The van der Waals surface area contributed by atoms with Crippen molar-refractivity contribution in [2.24, 2.45) is 0 Å². The van der Waals surface area contributed by atoms with Gasteiger partial charge in [-0.2, -0.15) is 0 Å². The first kappa shape index (κ1) is 17.4. The minimum absolute atomic E-state index is 0.103. The maximum atomic E-state index is 12.7. The lowest BCUT2D eigenvalue weighted by Gasteiger charge is -2.34. The molecule has 0 bridgehead atoms. The number of nitrogens with one attached hydrogen (secondary N) is 1. The maximum Gasteiger partial charge on any atom is 0.244 e. The molecule has 134 valence electrons. The molecule has 0 radical (unpaired) electrons. The molecule has 0 aromatic carbocycles. The zero-order valence-electron chi connectivity index (χ0n) is 14.9. The molecule has 1 aromatic rings. The van der Waals surface area contributed by atoms with E-state index in [1.165, 1.54) is 19.3 Å². The number of aliphatic hydroxyl groups excluding tert-OH is 1. The molecule has 6 nitrogen and oxygen atoms in total. The molecule has 2 N–H and O–H groups in total. The Morgan fingerprint density at radius 2 is 2.04 bits per heavy atom. The Morgan fingerprint density at radius 1 is 1.33 bits per heavy atom. The summed E-state index contributed by atoms with van der Waals surface area (Å²) < 4.78 is 5.27. The van der Waals surface area contributed by atoms with Gasteiger partial charge in [0, 0.05) is 24.1 Å². The van der Waals surface area contributed by atoms with Crippen LogP contribution in [0, 0.1) is 0 Å². The third-order valence-corrected chi connectivity index (χ3v) is 5.19. The van der Waals surface area contributed by atoms with Crippen LogP contribution in [0.25, 0.3) is 0 Å². The summed E-state index contributed by atoms with van der Waals surface area (Å²) in [4.78, 5) is 14.9. The van der Waals surface area contributed by atoms with Crippen LogP contribution in [0.5, 0.6) is 0 Å². The number of carbonyl (C=O) groups excluding carboxylic acids is 1. The van der Waals surface area contributed by atoms with Crippen molar-refractivity contribution in [3.63, 3.8) is 0 Å². The van der Waals surface area contributed by atoms with Crippen LogP contribution in [0.15, 0.2) is 10.6 Å². The van der Waals surface area contributed by atoms with E-state index in [2.05, 4.69) is 36.1 Å². The van der Waals surface area contributed by atoms with E-state index in [0.29, 0.717) is 24.9 Å². The number of likely N-dealkylation sites (tertiary alicyclic amines) is 1. The number of carbonyl (C=O) groups is 1. The molecule has 2 atom stereocenters. The van der Waals surface area contributed by atoms with Crippen molar-refractivity contribution in [3.05, 3.63) is 11.8 Å². The molecule has 3 rings (SSSR count). The first-order valence-corrected chi connectivity index (χ1v) is 9.06. The van der Waals surface area contributed by atoms with Gasteiger partial charge >= 0.3 is 0 Å². The second kappa shape index (κ2) is 6.84. The Kier molecular flexibility index (Phi) is 4.97. The molecule has 2 fully saturated rings. The molecule has 1 amide bonds. The largest absolute Gasteiger partial charge is 0.392 e. The summed E-state index contributed by atoms with van der Waals surface area (Å²) in [6.45, 7) is 6.74. The Balaban J connectivity index is 1.67. The van der Waals surface area contributed by atoms with Crippen LogP contribution in [0.2, 0.25) is 0 Å². The minimum atomic E-state index is -0.428.